The average molecular weight is 359 g/mol. The number of pyridine rings is 1. The number of halogens is 1. The molecular formula is C18H19ClN4O2. The largest absolute Gasteiger partial charge is 0.355 e. The Morgan fingerprint density at radius 2 is 1.96 bits per heavy atom. The highest BCUT2D eigenvalue weighted by Gasteiger charge is 2.22. The third-order valence-electron chi connectivity index (χ3n) is 4.21. The van der Waals surface area contributed by atoms with Crippen molar-refractivity contribution in [1.29, 1.82) is 0 Å². The first-order valence-electron chi connectivity index (χ1n) is 8.04. The Balaban J connectivity index is 1.74. The van der Waals surface area contributed by atoms with Crippen molar-refractivity contribution in [2.24, 2.45) is 0 Å². The summed E-state index contributed by atoms with van der Waals surface area (Å²) in [4.78, 5) is 31.0. The predicted octanol–water partition coefficient (Wildman–Crippen LogP) is 2.70. The van der Waals surface area contributed by atoms with Gasteiger partial charge in [-0.3, -0.25) is 14.6 Å². The summed E-state index contributed by atoms with van der Waals surface area (Å²) < 4.78 is 0. The van der Waals surface area contributed by atoms with Gasteiger partial charge < -0.3 is 15.1 Å². The lowest BCUT2D eigenvalue weighted by atomic mass is 10.2. The van der Waals surface area contributed by atoms with Gasteiger partial charge in [-0.15, -0.1) is 0 Å². The lowest BCUT2D eigenvalue weighted by Gasteiger charge is -2.32. The Bertz CT molecular complexity index is 788. The van der Waals surface area contributed by atoms with E-state index in [1.165, 1.54) is 0 Å². The highest BCUT2D eigenvalue weighted by atomic mass is 35.5. The molecule has 2 aromatic rings. The average Bonchev–Trinajstić information content (AvgIpc) is 2.64. The second-order valence-electron chi connectivity index (χ2n) is 5.95. The van der Waals surface area contributed by atoms with Crippen molar-refractivity contribution in [3.8, 4) is 0 Å². The van der Waals surface area contributed by atoms with Crippen molar-refractivity contribution < 1.29 is 9.59 Å². The fraction of sp³-hybridized carbons (Fsp3) is 0.278. The Labute approximate surface area is 151 Å². The summed E-state index contributed by atoms with van der Waals surface area (Å²) in [6.07, 6.45) is 2.43. The first kappa shape index (κ1) is 17.2. The summed E-state index contributed by atoms with van der Waals surface area (Å²) >= 11 is 6.05. The summed E-state index contributed by atoms with van der Waals surface area (Å²) in [7, 11) is 0. The Kier molecular flexibility index (Phi) is 5.19. The first-order valence-corrected chi connectivity index (χ1v) is 8.42. The number of hydrogen-bond donors (Lipinski definition) is 1. The number of amides is 2. The maximum Gasteiger partial charge on any atom is 0.272 e. The molecule has 2 amide bonds. The standard InChI is InChI=1S/C18H19ClN4O2/c1-13-2-3-14(19)10-16(13)21-15-4-5-20-17(11-15)18(25)23-8-6-22(12-24)7-9-23/h2-5,10-12H,6-9H2,1H3,(H,20,21). The molecule has 7 heteroatoms. The van der Waals surface area contributed by atoms with Crippen LogP contribution in [-0.2, 0) is 4.79 Å². The summed E-state index contributed by atoms with van der Waals surface area (Å²) in [6, 6.07) is 9.15. The van der Waals surface area contributed by atoms with Gasteiger partial charge in [0.15, 0.2) is 0 Å². The molecule has 25 heavy (non-hydrogen) atoms. The number of piperazine rings is 1. The lowest BCUT2D eigenvalue weighted by Crippen LogP contribution is -2.48. The maximum atomic E-state index is 12.6. The minimum Gasteiger partial charge on any atom is -0.355 e. The minimum atomic E-state index is -0.128. The maximum absolute atomic E-state index is 12.6. The van der Waals surface area contributed by atoms with Crippen LogP contribution in [0.3, 0.4) is 0 Å². The monoisotopic (exact) mass is 358 g/mol. The molecule has 1 aliphatic heterocycles. The molecule has 1 aromatic heterocycles. The summed E-state index contributed by atoms with van der Waals surface area (Å²) in [5.41, 5.74) is 3.09. The number of hydrogen-bond acceptors (Lipinski definition) is 4. The van der Waals surface area contributed by atoms with Gasteiger partial charge >= 0.3 is 0 Å². The summed E-state index contributed by atoms with van der Waals surface area (Å²) in [6.45, 7) is 4.12. The molecule has 0 radical (unpaired) electrons. The second kappa shape index (κ2) is 7.53. The number of carbonyl (C=O) groups is 2. The van der Waals surface area contributed by atoms with Crippen LogP contribution in [0.5, 0.6) is 0 Å². The smallest absolute Gasteiger partial charge is 0.272 e. The van der Waals surface area contributed by atoms with E-state index in [4.69, 9.17) is 11.6 Å². The van der Waals surface area contributed by atoms with E-state index < -0.39 is 0 Å². The van der Waals surface area contributed by atoms with Crippen LogP contribution in [0.4, 0.5) is 11.4 Å². The predicted molar refractivity (Wildman–Crippen MR) is 97.2 cm³/mol. The molecule has 0 bridgehead atoms. The molecule has 1 fully saturated rings. The van der Waals surface area contributed by atoms with Crippen LogP contribution in [0.1, 0.15) is 16.1 Å². The van der Waals surface area contributed by atoms with Gasteiger partial charge in [-0.1, -0.05) is 17.7 Å². The molecule has 1 N–H and O–H groups in total. The van der Waals surface area contributed by atoms with Crippen LogP contribution in [0.15, 0.2) is 36.5 Å². The number of benzene rings is 1. The molecule has 0 aliphatic carbocycles. The zero-order valence-electron chi connectivity index (χ0n) is 13.9. The van der Waals surface area contributed by atoms with Crippen LogP contribution < -0.4 is 5.32 Å². The zero-order chi connectivity index (χ0) is 17.8. The minimum absolute atomic E-state index is 0.128. The lowest BCUT2D eigenvalue weighted by molar-refractivity contribution is -0.119. The second-order valence-corrected chi connectivity index (χ2v) is 6.38. The highest BCUT2D eigenvalue weighted by Crippen LogP contribution is 2.24. The van der Waals surface area contributed by atoms with E-state index in [0.717, 1.165) is 23.3 Å². The van der Waals surface area contributed by atoms with Gasteiger partial charge in [-0.25, -0.2) is 0 Å². The number of aryl methyl sites for hydroxylation is 1. The molecule has 0 unspecified atom stereocenters. The van der Waals surface area contributed by atoms with E-state index in [2.05, 4.69) is 10.3 Å². The Morgan fingerprint density at radius 1 is 1.20 bits per heavy atom. The van der Waals surface area contributed by atoms with E-state index in [-0.39, 0.29) is 5.91 Å². The van der Waals surface area contributed by atoms with E-state index in [1.807, 2.05) is 25.1 Å². The molecule has 0 saturated carbocycles. The quantitative estimate of drug-likeness (QED) is 0.853. The first-order chi connectivity index (χ1) is 12.1. The van der Waals surface area contributed by atoms with Gasteiger partial charge in [-0.2, -0.15) is 0 Å². The molecule has 2 heterocycles. The van der Waals surface area contributed by atoms with Gasteiger partial charge in [0.2, 0.25) is 6.41 Å². The van der Waals surface area contributed by atoms with E-state index in [0.29, 0.717) is 36.9 Å². The molecule has 1 aromatic carbocycles. The molecule has 1 aliphatic rings. The topological polar surface area (TPSA) is 65.5 Å². The van der Waals surface area contributed by atoms with Crippen LogP contribution in [-0.4, -0.2) is 53.3 Å². The molecule has 3 rings (SSSR count). The van der Waals surface area contributed by atoms with Crippen LogP contribution in [0.25, 0.3) is 0 Å². The van der Waals surface area contributed by atoms with Gasteiger partial charge in [0.1, 0.15) is 5.69 Å². The third kappa shape index (κ3) is 4.09. The molecule has 6 nitrogen and oxygen atoms in total. The van der Waals surface area contributed by atoms with Gasteiger partial charge in [0.05, 0.1) is 0 Å². The third-order valence-corrected chi connectivity index (χ3v) is 4.44. The highest BCUT2D eigenvalue weighted by molar-refractivity contribution is 6.30. The number of anilines is 2. The zero-order valence-corrected chi connectivity index (χ0v) is 14.7. The number of nitrogens with one attached hydrogen (secondary N) is 1. The van der Waals surface area contributed by atoms with Crippen LogP contribution >= 0.6 is 11.6 Å². The van der Waals surface area contributed by atoms with E-state index in [9.17, 15) is 9.59 Å². The van der Waals surface area contributed by atoms with Crippen molar-refractivity contribution in [3.05, 3.63) is 52.8 Å². The number of nitrogens with zero attached hydrogens (tertiary/aromatic N) is 3. The number of aromatic nitrogens is 1. The van der Waals surface area contributed by atoms with Gasteiger partial charge in [0, 0.05) is 48.8 Å². The van der Waals surface area contributed by atoms with E-state index >= 15 is 0 Å². The van der Waals surface area contributed by atoms with Gasteiger partial charge in [0.25, 0.3) is 5.91 Å². The van der Waals surface area contributed by atoms with Crippen LogP contribution in [0, 0.1) is 6.92 Å². The van der Waals surface area contributed by atoms with E-state index in [1.54, 1.807) is 28.1 Å². The number of carbonyl (C=O) groups excluding carboxylic acids is 2. The van der Waals surface area contributed by atoms with Gasteiger partial charge in [-0.05, 0) is 36.8 Å². The van der Waals surface area contributed by atoms with Crippen LogP contribution in [0.2, 0.25) is 5.02 Å². The SMILES string of the molecule is Cc1ccc(Cl)cc1Nc1ccnc(C(=O)N2CCN(C=O)CC2)c1. The van der Waals surface area contributed by atoms with Crippen molar-refractivity contribution in [2.45, 2.75) is 6.92 Å². The molecule has 0 spiro atoms. The fourth-order valence-corrected chi connectivity index (χ4v) is 2.87. The Hall–Kier alpha value is -2.60. The molecular weight excluding hydrogens is 340 g/mol. The molecule has 130 valence electrons. The summed E-state index contributed by atoms with van der Waals surface area (Å²) in [5.74, 6) is -0.128. The van der Waals surface area contributed by atoms with Crippen molar-refractivity contribution in [2.75, 3.05) is 31.5 Å². The normalized spacial score (nSPS) is 14.3. The molecule has 1 saturated heterocycles. The Morgan fingerprint density at radius 3 is 2.68 bits per heavy atom. The fourth-order valence-electron chi connectivity index (χ4n) is 2.70. The van der Waals surface area contributed by atoms with Crippen molar-refractivity contribution >= 4 is 35.3 Å². The number of rotatable bonds is 4. The summed E-state index contributed by atoms with van der Waals surface area (Å²) in [5, 5.41) is 3.92. The van der Waals surface area contributed by atoms with Crippen molar-refractivity contribution in [3.63, 3.8) is 0 Å². The van der Waals surface area contributed by atoms with Crippen molar-refractivity contribution in [1.82, 2.24) is 14.8 Å². The molecule has 0 atom stereocenters.